The molecule has 0 spiro atoms. The number of halogens is 1. The zero-order chi connectivity index (χ0) is 16.5. The molecule has 0 aliphatic carbocycles. The van der Waals surface area contributed by atoms with Crippen molar-refractivity contribution < 1.29 is 14.3 Å². The highest BCUT2D eigenvalue weighted by molar-refractivity contribution is 5.75. The van der Waals surface area contributed by atoms with Crippen molar-refractivity contribution in [1.29, 1.82) is 0 Å². The normalized spacial score (nSPS) is 11.6. The Morgan fingerprint density at radius 3 is 2.43 bits per heavy atom. The van der Waals surface area contributed by atoms with Crippen LogP contribution in [-0.4, -0.2) is 24.3 Å². The lowest BCUT2D eigenvalue weighted by molar-refractivity contribution is 0.239. The number of benzene rings is 2. The van der Waals surface area contributed by atoms with E-state index >= 15 is 0 Å². The van der Waals surface area contributed by atoms with Gasteiger partial charge in [-0.05, 0) is 36.2 Å². The second-order valence-electron chi connectivity index (χ2n) is 5.09. The highest BCUT2D eigenvalue weighted by Gasteiger charge is 2.12. The first-order valence-electron chi connectivity index (χ1n) is 7.40. The molecule has 2 aromatic rings. The highest BCUT2D eigenvalue weighted by atomic mass is 19.1. The topological polar surface area (TPSA) is 73.4 Å². The lowest BCUT2D eigenvalue weighted by atomic mass is 9.96. The second-order valence-corrected chi connectivity index (χ2v) is 5.09. The molecule has 0 radical (unpaired) electrons. The second kappa shape index (κ2) is 8.75. The van der Waals surface area contributed by atoms with Gasteiger partial charge in [-0.2, -0.15) is 0 Å². The van der Waals surface area contributed by atoms with Gasteiger partial charge >= 0.3 is 6.03 Å². The number of carbonyl (C=O) groups is 1. The fraction of sp³-hybridized carbons (Fsp3) is 0.235. The first kappa shape index (κ1) is 16.8. The van der Waals surface area contributed by atoms with Crippen LogP contribution in [0.4, 0.5) is 14.9 Å². The molecule has 23 heavy (non-hydrogen) atoms. The molecule has 0 saturated carbocycles. The number of carbonyl (C=O) groups excluding carboxylic acids is 1. The third-order valence-corrected chi connectivity index (χ3v) is 3.42. The molecule has 1 unspecified atom stereocenters. The minimum atomic E-state index is -0.395. The zero-order valence-electron chi connectivity index (χ0n) is 12.6. The Balaban J connectivity index is 1.80. The fourth-order valence-electron chi connectivity index (χ4n) is 2.19. The quantitative estimate of drug-likeness (QED) is 0.593. The third kappa shape index (κ3) is 5.60. The average molecular weight is 317 g/mol. The minimum Gasteiger partial charge on any atom is -0.396 e. The summed E-state index contributed by atoms with van der Waals surface area (Å²) in [6.07, 6.45) is 0.565. The van der Waals surface area contributed by atoms with E-state index in [2.05, 4.69) is 16.2 Å². The van der Waals surface area contributed by atoms with E-state index in [-0.39, 0.29) is 18.3 Å². The number of aliphatic hydroxyl groups is 1. The summed E-state index contributed by atoms with van der Waals surface area (Å²) in [5.41, 5.74) is 6.81. The van der Waals surface area contributed by atoms with Gasteiger partial charge in [0.05, 0.1) is 5.69 Å². The maximum atomic E-state index is 12.8. The zero-order valence-corrected chi connectivity index (χ0v) is 12.6. The van der Waals surface area contributed by atoms with Gasteiger partial charge < -0.3 is 10.4 Å². The van der Waals surface area contributed by atoms with Crippen molar-refractivity contribution in [3.8, 4) is 0 Å². The number of amides is 2. The summed E-state index contributed by atoms with van der Waals surface area (Å²) in [6, 6.07) is 15.0. The fourth-order valence-corrected chi connectivity index (χ4v) is 2.19. The molecular weight excluding hydrogens is 297 g/mol. The molecule has 0 heterocycles. The van der Waals surface area contributed by atoms with Gasteiger partial charge in [0.25, 0.3) is 0 Å². The van der Waals surface area contributed by atoms with E-state index in [1.165, 1.54) is 24.3 Å². The first-order valence-corrected chi connectivity index (χ1v) is 7.40. The lowest BCUT2D eigenvalue weighted by Crippen LogP contribution is -2.40. The molecule has 2 rings (SSSR count). The van der Waals surface area contributed by atoms with Crippen LogP contribution >= 0.6 is 0 Å². The van der Waals surface area contributed by atoms with Crippen LogP contribution in [0.15, 0.2) is 54.6 Å². The van der Waals surface area contributed by atoms with Crippen LogP contribution in [0, 0.1) is 5.82 Å². The summed E-state index contributed by atoms with van der Waals surface area (Å²) in [5, 5.41) is 11.9. The minimum absolute atomic E-state index is 0.0396. The van der Waals surface area contributed by atoms with Gasteiger partial charge in [0.1, 0.15) is 5.82 Å². The van der Waals surface area contributed by atoms with Crippen LogP contribution < -0.4 is 16.2 Å². The molecule has 2 amide bonds. The van der Waals surface area contributed by atoms with Gasteiger partial charge in [0, 0.05) is 19.1 Å². The Bertz CT molecular complexity index is 605. The number of aliphatic hydroxyl groups excluding tert-OH is 1. The van der Waals surface area contributed by atoms with Gasteiger partial charge in [-0.15, -0.1) is 0 Å². The smallest absolute Gasteiger partial charge is 0.333 e. The maximum Gasteiger partial charge on any atom is 0.333 e. The standard InChI is InChI=1S/C17H20FN3O2/c18-15-6-8-16(9-7-15)20-21-17(23)19-12-14(10-11-22)13-4-2-1-3-5-13/h1-9,14,20,22H,10-12H2,(H2,19,21,23). The summed E-state index contributed by atoms with van der Waals surface area (Å²) >= 11 is 0. The number of hydrazine groups is 1. The molecule has 0 aromatic heterocycles. The Morgan fingerprint density at radius 2 is 1.78 bits per heavy atom. The summed E-state index contributed by atoms with van der Waals surface area (Å²) in [5.74, 6) is -0.299. The first-order chi connectivity index (χ1) is 11.2. The average Bonchev–Trinajstić information content (AvgIpc) is 2.59. The van der Waals surface area contributed by atoms with E-state index in [0.717, 1.165) is 5.56 Å². The van der Waals surface area contributed by atoms with Gasteiger partial charge in [-0.3, -0.25) is 10.9 Å². The van der Waals surface area contributed by atoms with E-state index in [1.54, 1.807) is 0 Å². The summed E-state index contributed by atoms with van der Waals surface area (Å²) in [6.45, 7) is 0.457. The van der Waals surface area contributed by atoms with Crippen molar-refractivity contribution in [1.82, 2.24) is 10.7 Å². The number of hydrogen-bond donors (Lipinski definition) is 4. The molecule has 4 N–H and O–H groups in total. The molecule has 0 saturated heterocycles. The molecule has 0 aliphatic heterocycles. The lowest BCUT2D eigenvalue weighted by Gasteiger charge is -2.17. The number of hydrogen-bond acceptors (Lipinski definition) is 3. The molecule has 122 valence electrons. The molecule has 5 nitrogen and oxygen atoms in total. The number of rotatable bonds is 7. The van der Waals surface area contributed by atoms with E-state index in [0.29, 0.717) is 18.7 Å². The van der Waals surface area contributed by atoms with Crippen molar-refractivity contribution >= 4 is 11.7 Å². The summed E-state index contributed by atoms with van der Waals surface area (Å²) in [7, 11) is 0. The van der Waals surface area contributed by atoms with Crippen molar-refractivity contribution in [2.24, 2.45) is 0 Å². The van der Waals surface area contributed by atoms with Crippen LogP contribution in [0.2, 0.25) is 0 Å². The largest absolute Gasteiger partial charge is 0.396 e. The molecule has 0 bridgehead atoms. The monoisotopic (exact) mass is 317 g/mol. The Hall–Kier alpha value is -2.60. The van der Waals surface area contributed by atoms with E-state index < -0.39 is 6.03 Å². The molecule has 0 aliphatic rings. The molecule has 2 aromatic carbocycles. The predicted molar refractivity (Wildman–Crippen MR) is 87.4 cm³/mol. The molecule has 0 fully saturated rings. The van der Waals surface area contributed by atoms with Crippen molar-refractivity contribution in [3.63, 3.8) is 0 Å². The van der Waals surface area contributed by atoms with Crippen molar-refractivity contribution in [2.45, 2.75) is 12.3 Å². The Morgan fingerprint density at radius 1 is 1.09 bits per heavy atom. The van der Waals surface area contributed by atoms with Crippen molar-refractivity contribution in [2.75, 3.05) is 18.6 Å². The van der Waals surface area contributed by atoms with Crippen LogP contribution in [0.3, 0.4) is 0 Å². The van der Waals surface area contributed by atoms with Gasteiger partial charge in [-0.1, -0.05) is 30.3 Å². The third-order valence-electron chi connectivity index (χ3n) is 3.42. The van der Waals surface area contributed by atoms with Crippen molar-refractivity contribution in [3.05, 3.63) is 66.0 Å². The van der Waals surface area contributed by atoms with Crippen LogP contribution in [0.5, 0.6) is 0 Å². The molecule has 1 atom stereocenters. The summed E-state index contributed by atoms with van der Waals surface area (Å²) < 4.78 is 12.8. The van der Waals surface area contributed by atoms with Gasteiger partial charge in [0.2, 0.25) is 0 Å². The molecular formula is C17H20FN3O2. The van der Waals surface area contributed by atoms with Crippen LogP contribution in [0.1, 0.15) is 17.9 Å². The SMILES string of the molecule is O=C(NCC(CCO)c1ccccc1)NNc1ccc(F)cc1. The predicted octanol–water partition coefficient (Wildman–Crippen LogP) is 2.62. The Labute approximate surface area is 134 Å². The van der Waals surface area contributed by atoms with Crippen LogP contribution in [0.25, 0.3) is 0 Å². The van der Waals surface area contributed by atoms with E-state index in [9.17, 15) is 9.18 Å². The van der Waals surface area contributed by atoms with Crippen LogP contribution in [-0.2, 0) is 0 Å². The number of nitrogens with one attached hydrogen (secondary N) is 3. The van der Waals surface area contributed by atoms with Gasteiger partial charge in [0.15, 0.2) is 0 Å². The summed E-state index contributed by atoms with van der Waals surface area (Å²) in [4.78, 5) is 11.8. The van der Waals surface area contributed by atoms with E-state index in [1.807, 2.05) is 30.3 Å². The van der Waals surface area contributed by atoms with Gasteiger partial charge in [-0.25, -0.2) is 9.18 Å². The number of anilines is 1. The Kier molecular flexibility index (Phi) is 6.38. The highest BCUT2D eigenvalue weighted by Crippen LogP contribution is 2.18. The number of urea groups is 1. The molecule has 6 heteroatoms. The van der Waals surface area contributed by atoms with E-state index in [4.69, 9.17) is 5.11 Å². The maximum absolute atomic E-state index is 12.8.